The number of halogens is 1. The third-order valence-corrected chi connectivity index (χ3v) is 2.86. The highest BCUT2D eigenvalue weighted by Crippen LogP contribution is 2.27. The Hall–Kier alpha value is -1.49. The molecule has 6 heteroatoms. The molecular weight excluding hydrogens is 240 g/mol. The van der Waals surface area contributed by atoms with Crippen molar-refractivity contribution in [2.45, 2.75) is 26.8 Å². The minimum Gasteiger partial charge on any atom is -0.409 e. The van der Waals surface area contributed by atoms with Gasteiger partial charge in [-0.05, 0) is 26.8 Å². The number of pyridine rings is 1. The van der Waals surface area contributed by atoms with Gasteiger partial charge >= 0.3 is 0 Å². The highest BCUT2D eigenvalue weighted by Gasteiger charge is 2.17. The summed E-state index contributed by atoms with van der Waals surface area (Å²) >= 11 is 6.22. The molecule has 1 heterocycles. The normalized spacial score (nSPS) is 11.9. The molecule has 1 aromatic heterocycles. The minimum atomic E-state index is -0.0153. The molecule has 0 atom stereocenters. The standard InChI is InChI=1S/C11H17ClN4O/c1-4-16(7(2)3)11-9(12)8(5-6-14-11)10(13)15-17/h5-7,17H,4H2,1-3H3,(H2,13,15). The van der Waals surface area contributed by atoms with Gasteiger partial charge in [0.25, 0.3) is 0 Å². The predicted octanol–water partition coefficient (Wildman–Crippen LogP) is 2.06. The fourth-order valence-electron chi connectivity index (χ4n) is 1.64. The molecule has 0 aliphatic carbocycles. The molecule has 0 bridgehead atoms. The molecule has 0 saturated heterocycles. The van der Waals surface area contributed by atoms with Crippen molar-refractivity contribution in [3.63, 3.8) is 0 Å². The van der Waals surface area contributed by atoms with Gasteiger partial charge in [0.2, 0.25) is 0 Å². The van der Waals surface area contributed by atoms with Gasteiger partial charge in [-0.2, -0.15) is 0 Å². The van der Waals surface area contributed by atoms with Gasteiger partial charge in [-0.1, -0.05) is 16.8 Å². The lowest BCUT2D eigenvalue weighted by atomic mass is 10.2. The van der Waals surface area contributed by atoms with Crippen LogP contribution in [0.2, 0.25) is 5.02 Å². The predicted molar refractivity (Wildman–Crippen MR) is 69.9 cm³/mol. The van der Waals surface area contributed by atoms with E-state index in [-0.39, 0.29) is 11.9 Å². The largest absolute Gasteiger partial charge is 0.409 e. The van der Waals surface area contributed by atoms with Crippen LogP contribution in [0.15, 0.2) is 17.4 Å². The number of hydrogen-bond donors (Lipinski definition) is 2. The van der Waals surface area contributed by atoms with Gasteiger partial charge in [0, 0.05) is 24.3 Å². The summed E-state index contributed by atoms with van der Waals surface area (Å²) < 4.78 is 0. The first-order chi connectivity index (χ1) is 8.02. The van der Waals surface area contributed by atoms with Crippen molar-refractivity contribution in [2.24, 2.45) is 10.9 Å². The smallest absolute Gasteiger partial charge is 0.171 e. The molecule has 0 aromatic carbocycles. The maximum Gasteiger partial charge on any atom is 0.171 e. The van der Waals surface area contributed by atoms with E-state index in [0.717, 1.165) is 6.54 Å². The van der Waals surface area contributed by atoms with Gasteiger partial charge in [-0.15, -0.1) is 0 Å². The molecule has 0 fully saturated rings. The van der Waals surface area contributed by atoms with Gasteiger partial charge in [0.15, 0.2) is 5.84 Å². The molecule has 0 unspecified atom stereocenters. The Morgan fingerprint density at radius 2 is 2.29 bits per heavy atom. The molecule has 0 radical (unpaired) electrons. The summed E-state index contributed by atoms with van der Waals surface area (Å²) in [6, 6.07) is 1.89. The summed E-state index contributed by atoms with van der Waals surface area (Å²) in [5.41, 5.74) is 6.04. The number of amidine groups is 1. The average molecular weight is 257 g/mol. The van der Waals surface area contributed by atoms with Crippen molar-refractivity contribution in [3.05, 3.63) is 22.8 Å². The van der Waals surface area contributed by atoms with E-state index in [0.29, 0.717) is 16.4 Å². The molecule has 3 N–H and O–H groups in total. The van der Waals surface area contributed by atoms with Gasteiger partial charge in [-0.3, -0.25) is 0 Å². The lowest BCUT2D eigenvalue weighted by Crippen LogP contribution is -2.32. The number of aromatic nitrogens is 1. The molecule has 5 nitrogen and oxygen atoms in total. The topological polar surface area (TPSA) is 74.7 Å². The second-order valence-electron chi connectivity index (χ2n) is 3.86. The van der Waals surface area contributed by atoms with E-state index in [1.807, 2.05) is 11.8 Å². The second kappa shape index (κ2) is 5.72. The third-order valence-electron chi connectivity index (χ3n) is 2.49. The van der Waals surface area contributed by atoms with Crippen molar-refractivity contribution >= 4 is 23.3 Å². The average Bonchev–Trinajstić information content (AvgIpc) is 2.31. The SMILES string of the molecule is CCN(c1nccc(/C(N)=N/O)c1Cl)C(C)C. The molecule has 0 aliphatic heterocycles. The molecule has 17 heavy (non-hydrogen) atoms. The van der Waals surface area contributed by atoms with Gasteiger partial charge in [0.1, 0.15) is 5.82 Å². The lowest BCUT2D eigenvalue weighted by molar-refractivity contribution is 0.318. The first-order valence-corrected chi connectivity index (χ1v) is 5.79. The second-order valence-corrected chi connectivity index (χ2v) is 4.24. The monoisotopic (exact) mass is 256 g/mol. The van der Waals surface area contributed by atoms with Crippen LogP contribution in [0.1, 0.15) is 26.3 Å². The van der Waals surface area contributed by atoms with Crippen LogP contribution in [-0.4, -0.2) is 28.6 Å². The maximum absolute atomic E-state index is 8.68. The highest BCUT2D eigenvalue weighted by atomic mass is 35.5. The fraction of sp³-hybridized carbons (Fsp3) is 0.455. The zero-order valence-electron chi connectivity index (χ0n) is 10.2. The number of anilines is 1. The highest BCUT2D eigenvalue weighted by molar-refractivity contribution is 6.36. The Labute approximate surface area is 106 Å². The third kappa shape index (κ3) is 2.79. The van der Waals surface area contributed by atoms with E-state index in [2.05, 4.69) is 24.0 Å². The quantitative estimate of drug-likeness (QED) is 0.374. The Kier molecular flexibility index (Phi) is 4.57. The van der Waals surface area contributed by atoms with Gasteiger partial charge in [0.05, 0.1) is 5.02 Å². The van der Waals surface area contributed by atoms with Crippen LogP contribution in [-0.2, 0) is 0 Å². The first-order valence-electron chi connectivity index (χ1n) is 5.41. The van der Waals surface area contributed by atoms with Crippen LogP contribution in [0.4, 0.5) is 5.82 Å². The van der Waals surface area contributed by atoms with Gasteiger partial charge in [-0.25, -0.2) is 4.98 Å². The van der Waals surface area contributed by atoms with Crippen molar-refractivity contribution in [2.75, 3.05) is 11.4 Å². The van der Waals surface area contributed by atoms with Crippen molar-refractivity contribution in [1.29, 1.82) is 0 Å². The van der Waals surface area contributed by atoms with Crippen LogP contribution in [0, 0.1) is 0 Å². The zero-order chi connectivity index (χ0) is 13.0. The van der Waals surface area contributed by atoms with Crippen LogP contribution < -0.4 is 10.6 Å². The molecule has 1 rings (SSSR count). The van der Waals surface area contributed by atoms with E-state index in [4.69, 9.17) is 22.5 Å². The number of nitrogens with zero attached hydrogens (tertiary/aromatic N) is 3. The number of oxime groups is 1. The molecule has 94 valence electrons. The van der Waals surface area contributed by atoms with Crippen LogP contribution >= 0.6 is 11.6 Å². The Bertz CT molecular complexity index is 420. The Balaban J connectivity index is 3.27. The number of hydrogen-bond acceptors (Lipinski definition) is 4. The van der Waals surface area contributed by atoms with Crippen LogP contribution in [0.3, 0.4) is 0 Å². The summed E-state index contributed by atoms with van der Waals surface area (Å²) in [5, 5.41) is 12.0. The maximum atomic E-state index is 8.68. The molecule has 0 spiro atoms. The molecule has 1 aromatic rings. The first kappa shape index (κ1) is 13.6. The molecule has 0 amide bonds. The van der Waals surface area contributed by atoms with Crippen LogP contribution in [0.5, 0.6) is 0 Å². The van der Waals surface area contributed by atoms with Crippen LogP contribution in [0.25, 0.3) is 0 Å². The number of rotatable bonds is 4. The fourth-order valence-corrected chi connectivity index (χ4v) is 1.96. The summed E-state index contributed by atoms with van der Waals surface area (Å²) in [6.07, 6.45) is 1.60. The van der Waals surface area contributed by atoms with E-state index in [1.54, 1.807) is 12.3 Å². The lowest BCUT2D eigenvalue weighted by Gasteiger charge is -2.27. The van der Waals surface area contributed by atoms with E-state index < -0.39 is 0 Å². The van der Waals surface area contributed by atoms with Crippen molar-refractivity contribution in [1.82, 2.24) is 4.98 Å². The van der Waals surface area contributed by atoms with Gasteiger partial charge < -0.3 is 15.8 Å². The Morgan fingerprint density at radius 1 is 1.65 bits per heavy atom. The summed E-state index contributed by atoms with van der Waals surface area (Å²) in [4.78, 5) is 6.29. The summed E-state index contributed by atoms with van der Waals surface area (Å²) in [7, 11) is 0. The van der Waals surface area contributed by atoms with Crippen molar-refractivity contribution in [3.8, 4) is 0 Å². The minimum absolute atomic E-state index is 0.0153. The Morgan fingerprint density at radius 3 is 2.76 bits per heavy atom. The molecular formula is C11H17ClN4O. The zero-order valence-corrected chi connectivity index (χ0v) is 10.9. The van der Waals surface area contributed by atoms with E-state index in [1.165, 1.54) is 0 Å². The van der Waals surface area contributed by atoms with E-state index >= 15 is 0 Å². The van der Waals surface area contributed by atoms with E-state index in [9.17, 15) is 0 Å². The number of nitrogens with two attached hydrogens (primary N) is 1. The molecule has 0 aliphatic rings. The van der Waals surface area contributed by atoms with Crippen molar-refractivity contribution < 1.29 is 5.21 Å². The molecule has 0 saturated carbocycles. The summed E-state index contributed by atoms with van der Waals surface area (Å²) in [5.74, 6) is 0.631. The summed E-state index contributed by atoms with van der Waals surface area (Å²) in [6.45, 7) is 6.91.